The first-order valence-electron chi connectivity index (χ1n) is 14.2. The minimum absolute atomic E-state index is 0.0256. The van der Waals surface area contributed by atoms with Crippen molar-refractivity contribution in [2.75, 3.05) is 23.0 Å². The molecule has 2 atom stereocenters. The van der Waals surface area contributed by atoms with E-state index in [2.05, 4.69) is 10.3 Å². The highest BCUT2D eigenvalue weighted by Crippen LogP contribution is 2.49. The number of anilines is 3. The van der Waals surface area contributed by atoms with Crippen LogP contribution in [0.3, 0.4) is 0 Å². The molecule has 0 bridgehead atoms. The van der Waals surface area contributed by atoms with Crippen LogP contribution in [-0.2, 0) is 28.2 Å². The van der Waals surface area contributed by atoms with E-state index in [1.54, 1.807) is 14.5 Å². The summed E-state index contributed by atoms with van der Waals surface area (Å²) in [6.45, 7) is 3.08. The number of carbonyl (C=O) groups is 2. The average molecular weight is 544 g/mol. The predicted molar refractivity (Wildman–Crippen MR) is 153 cm³/mol. The Labute approximate surface area is 234 Å². The fourth-order valence-corrected chi connectivity index (χ4v) is 5.62. The van der Waals surface area contributed by atoms with Gasteiger partial charge in [-0.1, -0.05) is 55.3 Å². The molecular formula is C31H37N5O4. The van der Waals surface area contributed by atoms with Crippen molar-refractivity contribution in [1.82, 2.24) is 15.0 Å². The largest absolute Gasteiger partial charge is 0.396 e. The van der Waals surface area contributed by atoms with E-state index < -0.39 is 17.4 Å². The van der Waals surface area contributed by atoms with Gasteiger partial charge in [0.25, 0.3) is 5.91 Å². The second-order valence-corrected chi connectivity index (χ2v) is 10.6. The third-order valence-electron chi connectivity index (χ3n) is 7.87. The molecule has 9 nitrogen and oxygen atoms in total. The van der Waals surface area contributed by atoms with Crippen molar-refractivity contribution in [2.45, 2.75) is 64.0 Å². The Morgan fingerprint density at radius 3 is 2.65 bits per heavy atom. The summed E-state index contributed by atoms with van der Waals surface area (Å²) in [6.07, 6.45) is 11.2. The Morgan fingerprint density at radius 1 is 1.05 bits per heavy atom. The molecule has 210 valence electrons. The van der Waals surface area contributed by atoms with Gasteiger partial charge in [0, 0.05) is 61.6 Å². The van der Waals surface area contributed by atoms with E-state index in [1.807, 2.05) is 73.8 Å². The van der Waals surface area contributed by atoms with Gasteiger partial charge in [-0.2, -0.15) is 0 Å². The minimum atomic E-state index is -1.80. The van der Waals surface area contributed by atoms with Crippen molar-refractivity contribution in [2.24, 2.45) is 5.92 Å². The van der Waals surface area contributed by atoms with Crippen LogP contribution in [-0.4, -0.2) is 50.2 Å². The summed E-state index contributed by atoms with van der Waals surface area (Å²) >= 11 is 0. The predicted octanol–water partition coefficient (Wildman–Crippen LogP) is 4.26. The normalized spacial score (nSPS) is 20.6. The quantitative estimate of drug-likeness (QED) is 0.390. The number of fused-ring (bicyclic) bond motifs is 1. The molecule has 1 saturated heterocycles. The van der Waals surface area contributed by atoms with E-state index in [0.717, 1.165) is 31.4 Å². The molecule has 0 spiro atoms. The summed E-state index contributed by atoms with van der Waals surface area (Å²) in [5.41, 5.74) is 1.47. The van der Waals surface area contributed by atoms with Crippen molar-refractivity contribution >= 4 is 28.9 Å². The third-order valence-corrected chi connectivity index (χ3v) is 7.87. The van der Waals surface area contributed by atoms with Crippen molar-refractivity contribution in [3.05, 3.63) is 78.1 Å². The second-order valence-electron chi connectivity index (χ2n) is 10.6. The monoisotopic (exact) mass is 543 g/mol. The maximum absolute atomic E-state index is 14.0. The first kappa shape index (κ1) is 27.7. The first-order valence-corrected chi connectivity index (χ1v) is 14.2. The first-order chi connectivity index (χ1) is 19.4. The highest BCUT2D eigenvalue weighted by molar-refractivity contribution is 6.12. The van der Waals surface area contributed by atoms with E-state index >= 15 is 0 Å². The van der Waals surface area contributed by atoms with Gasteiger partial charge in [0.05, 0.1) is 11.4 Å². The molecule has 2 aliphatic rings. The van der Waals surface area contributed by atoms with Crippen LogP contribution in [0.25, 0.3) is 0 Å². The molecule has 3 heterocycles. The van der Waals surface area contributed by atoms with Gasteiger partial charge in [-0.05, 0) is 49.6 Å². The molecule has 5 rings (SSSR count). The summed E-state index contributed by atoms with van der Waals surface area (Å²) in [7, 11) is 0. The van der Waals surface area contributed by atoms with E-state index in [0.29, 0.717) is 55.0 Å². The third kappa shape index (κ3) is 5.44. The van der Waals surface area contributed by atoms with Crippen molar-refractivity contribution in [1.29, 1.82) is 0 Å². The Hall–Kier alpha value is -3.82. The van der Waals surface area contributed by atoms with Crippen LogP contribution in [0.1, 0.15) is 56.7 Å². The number of aliphatic hydroxyl groups is 2. The highest BCUT2D eigenvalue weighted by Gasteiger charge is 2.53. The maximum Gasteiger partial charge on any atom is 0.268 e. The molecule has 0 radical (unpaired) electrons. The fourth-order valence-electron chi connectivity index (χ4n) is 5.62. The summed E-state index contributed by atoms with van der Waals surface area (Å²) in [5, 5.41) is 29.4. The van der Waals surface area contributed by atoms with Crippen molar-refractivity contribution in [3.63, 3.8) is 0 Å². The van der Waals surface area contributed by atoms with E-state index in [-0.39, 0.29) is 12.5 Å². The molecule has 2 aromatic carbocycles. The molecule has 1 fully saturated rings. The van der Waals surface area contributed by atoms with Gasteiger partial charge in [-0.25, -0.2) is 0 Å². The Bertz CT molecular complexity index is 1370. The lowest BCUT2D eigenvalue weighted by molar-refractivity contribution is -0.138. The van der Waals surface area contributed by atoms with Gasteiger partial charge in [-0.15, -0.1) is 5.10 Å². The van der Waals surface area contributed by atoms with Crippen LogP contribution in [0.2, 0.25) is 0 Å². The molecule has 0 unspecified atom stereocenters. The van der Waals surface area contributed by atoms with Crippen LogP contribution in [0, 0.1) is 5.92 Å². The van der Waals surface area contributed by atoms with E-state index in [1.165, 1.54) is 0 Å². The van der Waals surface area contributed by atoms with Gasteiger partial charge in [0.15, 0.2) is 5.60 Å². The number of rotatable bonds is 9. The number of allylic oxidation sites excluding steroid dienone is 1. The van der Waals surface area contributed by atoms with Crippen LogP contribution in [0.5, 0.6) is 0 Å². The summed E-state index contributed by atoms with van der Waals surface area (Å²) < 4.78 is 1.72. The number of nitrogens with zero attached hydrogens (tertiary/aromatic N) is 5. The Morgan fingerprint density at radius 2 is 1.85 bits per heavy atom. The minimum Gasteiger partial charge on any atom is -0.396 e. The molecule has 3 aromatic rings. The number of para-hydroxylation sites is 1. The lowest BCUT2D eigenvalue weighted by Gasteiger charge is -2.29. The number of aromatic nitrogens is 3. The molecule has 40 heavy (non-hydrogen) atoms. The Kier molecular flexibility index (Phi) is 8.42. The highest BCUT2D eigenvalue weighted by atomic mass is 16.3. The standard InChI is InChI=1S/C31H37N5O4/c1-23(11-8-10-18-34-22-24(17-20-37)32-33-34)31(40)27-21-26(35-19-9-3-2-7-14-29(35)38)15-16-28(27)36(30(31)39)25-12-5-4-6-13-25/h4-6,8,11-13,15-16,21-23,37,40H,2-3,7,9-10,14,17-20H2,1H3/b11-8+/t23-,31+/m0/s1. The Balaban J connectivity index is 1.44. The molecular weight excluding hydrogens is 506 g/mol. The van der Waals surface area contributed by atoms with Crippen LogP contribution >= 0.6 is 0 Å². The summed E-state index contributed by atoms with van der Waals surface area (Å²) in [6, 6.07) is 14.9. The summed E-state index contributed by atoms with van der Waals surface area (Å²) in [5.74, 6) is -0.867. The molecule has 9 heteroatoms. The molecule has 0 aliphatic carbocycles. The van der Waals surface area contributed by atoms with Gasteiger partial charge in [0.2, 0.25) is 5.91 Å². The van der Waals surface area contributed by atoms with E-state index in [9.17, 15) is 14.7 Å². The molecule has 2 N–H and O–H groups in total. The molecule has 0 saturated carbocycles. The zero-order chi connectivity index (χ0) is 28.1. The topological polar surface area (TPSA) is 112 Å². The number of hydrogen-bond acceptors (Lipinski definition) is 6. The molecule has 2 amide bonds. The smallest absolute Gasteiger partial charge is 0.268 e. The van der Waals surface area contributed by atoms with Crippen LogP contribution in [0.4, 0.5) is 17.1 Å². The number of aryl methyl sites for hydroxylation is 1. The van der Waals surface area contributed by atoms with Gasteiger partial charge >= 0.3 is 0 Å². The lowest BCUT2D eigenvalue weighted by atomic mass is 9.82. The lowest BCUT2D eigenvalue weighted by Crippen LogP contribution is -2.43. The second kappa shape index (κ2) is 12.1. The zero-order valence-electron chi connectivity index (χ0n) is 22.9. The van der Waals surface area contributed by atoms with Crippen LogP contribution in [0.15, 0.2) is 66.9 Å². The van der Waals surface area contributed by atoms with Gasteiger partial charge in [-0.3, -0.25) is 19.2 Å². The number of aliphatic hydroxyl groups excluding tert-OH is 1. The maximum atomic E-state index is 14.0. The number of hydrogen-bond donors (Lipinski definition) is 2. The van der Waals surface area contributed by atoms with E-state index in [4.69, 9.17) is 5.11 Å². The fraction of sp³-hybridized carbons (Fsp3) is 0.419. The van der Waals surface area contributed by atoms with Crippen molar-refractivity contribution in [3.8, 4) is 0 Å². The zero-order valence-corrected chi connectivity index (χ0v) is 22.9. The molecule has 2 aliphatic heterocycles. The van der Waals surface area contributed by atoms with Crippen LogP contribution < -0.4 is 9.80 Å². The van der Waals surface area contributed by atoms with Gasteiger partial charge < -0.3 is 15.1 Å². The number of amides is 2. The summed E-state index contributed by atoms with van der Waals surface area (Å²) in [4.78, 5) is 30.4. The average Bonchev–Trinajstić information content (AvgIpc) is 3.49. The molecule has 1 aromatic heterocycles. The van der Waals surface area contributed by atoms with Crippen molar-refractivity contribution < 1.29 is 19.8 Å². The number of benzene rings is 2. The van der Waals surface area contributed by atoms with Gasteiger partial charge in [0.1, 0.15) is 0 Å². The SMILES string of the molecule is C[C@@H](/C=C/CCn1cc(CCO)nn1)[C@]1(O)C(=O)N(c2ccccc2)c2ccc(N3CCCCCCC3=O)cc21. The number of carbonyl (C=O) groups excluding carboxylic acids is 2.